The fourth-order valence-electron chi connectivity index (χ4n) is 3.86. The molecule has 3 heterocycles. The van der Waals surface area contributed by atoms with Gasteiger partial charge in [-0.05, 0) is 37.6 Å². The van der Waals surface area contributed by atoms with Crippen molar-refractivity contribution in [3.63, 3.8) is 0 Å². The highest BCUT2D eigenvalue weighted by atomic mass is 19.1. The number of aromatic nitrogens is 2. The van der Waals surface area contributed by atoms with Crippen molar-refractivity contribution in [1.29, 1.82) is 0 Å². The van der Waals surface area contributed by atoms with Crippen LogP contribution in [0.25, 0.3) is 5.52 Å². The van der Waals surface area contributed by atoms with Crippen molar-refractivity contribution >= 4 is 11.2 Å². The average Bonchev–Trinajstić information content (AvgIpc) is 3.36. The molecular formula is C17H22FN5O3. The molecule has 0 radical (unpaired) electrons. The van der Waals surface area contributed by atoms with E-state index in [9.17, 15) is 14.0 Å². The van der Waals surface area contributed by atoms with Gasteiger partial charge in [-0.15, -0.1) is 0 Å². The van der Waals surface area contributed by atoms with E-state index < -0.39 is 17.1 Å². The monoisotopic (exact) mass is 363 g/mol. The highest BCUT2D eigenvalue weighted by Gasteiger charge is 2.35. The zero-order valence-corrected chi connectivity index (χ0v) is 14.6. The molecule has 140 valence electrons. The number of ether oxygens (including phenoxy) is 1. The molecule has 1 aliphatic heterocycles. The quantitative estimate of drug-likeness (QED) is 0.740. The highest BCUT2D eigenvalue weighted by Crippen LogP contribution is 2.45. The van der Waals surface area contributed by atoms with Crippen LogP contribution in [0, 0.1) is 11.7 Å². The summed E-state index contributed by atoms with van der Waals surface area (Å²) in [6.07, 6.45) is 3.62. The van der Waals surface area contributed by atoms with E-state index in [1.54, 1.807) is 0 Å². The SMILES string of the molecule is COc1c(N2CCC(CN)C2)c(F)cn2c(=O)n(N)c(=O)c(C3CC3)c12. The molecule has 26 heavy (non-hydrogen) atoms. The first-order valence-corrected chi connectivity index (χ1v) is 8.75. The van der Waals surface area contributed by atoms with Gasteiger partial charge in [0.25, 0.3) is 5.56 Å². The summed E-state index contributed by atoms with van der Waals surface area (Å²) in [6.45, 7) is 1.78. The van der Waals surface area contributed by atoms with Crippen LogP contribution in [0.1, 0.15) is 30.7 Å². The molecule has 1 aliphatic carbocycles. The van der Waals surface area contributed by atoms with Crippen molar-refractivity contribution in [2.45, 2.75) is 25.2 Å². The Hall–Kier alpha value is -2.55. The summed E-state index contributed by atoms with van der Waals surface area (Å²) < 4.78 is 22.1. The van der Waals surface area contributed by atoms with Crippen molar-refractivity contribution in [2.24, 2.45) is 11.7 Å². The van der Waals surface area contributed by atoms with Crippen LogP contribution in [0.15, 0.2) is 15.8 Å². The van der Waals surface area contributed by atoms with E-state index in [1.165, 1.54) is 7.11 Å². The van der Waals surface area contributed by atoms with Gasteiger partial charge in [0.05, 0.1) is 18.9 Å². The third-order valence-electron chi connectivity index (χ3n) is 5.38. The van der Waals surface area contributed by atoms with Gasteiger partial charge in [0, 0.05) is 13.1 Å². The largest absolute Gasteiger partial charge is 0.492 e. The first-order valence-electron chi connectivity index (χ1n) is 8.75. The van der Waals surface area contributed by atoms with E-state index in [0.29, 0.717) is 35.4 Å². The van der Waals surface area contributed by atoms with Crippen molar-refractivity contribution in [1.82, 2.24) is 9.08 Å². The van der Waals surface area contributed by atoms with Crippen LogP contribution in [0.4, 0.5) is 10.1 Å². The molecule has 2 fully saturated rings. The Morgan fingerprint density at radius 2 is 2.04 bits per heavy atom. The number of nitrogens with zero attached hydrogens (tertiary/aromatic N) is 3. The summed E-state index contributed by atoms with van der Waals surface area (Å²) >= 11 is 0. The molecule has 0 spiro atoms. The molecule has 9 heteroatoms. The van der Waals surface area contributed by atoms with Crippen molar-refractivity contribution in [3.05, 3.63) is 38.4 Å². The number of nitrogens with two attached hydrogens (primary N) is 2. The second-order valence-corrected chi connectivity index (χ2v) is 7.06. The molecule has 0 amide bonds. The maximum atomic E-state index is 15.0. The molecule has 2 aromatic rings. The minimum atomic E-state index is -0.792. The van der Waals surface area contributed by atoms with Crippen LogP contribution in [0.3, 0.4) is 0 Å². The number of nitrogen functional groups attached to an aromatic ring is 1. The van der Waals surface area contributed by atoms with Crippen LogP contribution in [-0.2, 0) is 0 Å². The van der Waals surface area contributed by atoms with Crippen LogP contribution >= 0.6 is 0 Å². The molecule has 2 aromatic heterocycles. The van der Waals surface area contributed by atoms with Gasteiger partial charge in [0.2, 0.25) is 0 Å². The number of fused-ring (bicyclic) bond motifs is 1. The van der Waals surface area contributed by atoms with Gasteiger partial charge in [-0.2, -0.15) is 4.68 Å². The zero-order valence-electron chi connectivity index (χ0n) is 14.6. The molecule has 8 nitrogen and oxygen atoms in total. The minimum Gasteiger partial charge on any atom is -0.492 e. The first kappa shape index (κ1) is 16.9. The van der Waals surface area contributed by atoms with Crippen molar-refractivity contribution in [3.8, 4) is 5.75 Å². The fourth-order valence-corrected chi connectivity index (χ4v) is 3.86. The molecule has 4 N–H and O–H groups in total. The van der Waals surface area contributed by atoms with Gasteiger partial charge in [0.1, 0.15) is 11.2 Å². The Labute approximate surface area is 148 Å². The van der Waals surface area contributed by atoms with E-state index in [4.69, 9.17) is 16.3 Å². The second-order valence-electron chi connectivity index (χ2n) is 7.06. The Morgan fingerprint density at radius 1 is 1.31 bits per heavy atom. The van der Waals surface area contributed by atoms with Gasteiger partial charge in [-0.1, -0.05) is 0 Å². The lowest BCUT2D eigenvalue weighted by atomic mass is 10.1. The summed E-state index contributed by atoms with van der Waals surface area (Å²) in [5.41, 5.74) is 5.42. The summed E-state index contributed by atoms with van der Waals surface area (Å²) in [5.74, 6) is 5.54. The van der Waals surface area contributed by atoms with Crippen LogP contribution in [-0.4, -0.2) is 35.8 Å². The molecular weight excluding hydrogens is 341 g/mol. The third-order valence-corrected chi connectivity index (χ3v) is 5.38. The van der Waals surface area contributed by atoms with Crippen LogP contribution in [0.5, 0.6) is 5.75 Å². The number of halogens is 1. The molecule has 0 aromatic carbocycles. The minimum absolute atomic E-state index is 0.00970. The molecule has 1 saturated carbocycles. The smallest absolute Gasteiger partial charge is 0.354 e. The maximum Gasteiger partial charge on any atom is 0.354 e. The summed E-state index contributed by atoms with van der Waals surface area (Å²) in [4.78, 5) is 26.9. The Morgan fingerprint density at radius 3 is 2.62 bits per heavy atom. The van der Waals surface area contributed by atoms with Crippen molar-refractivity contribution < 1.29 is 9.13 Å². The molecule has 1 atom stereocenters. The lowest BCUT2D eigenvalue weighted by Gasteiger charge is -2.24. The van der Waals surface area contributed by atoms with E-state index in [2.05, 4.69) is 0 Å². The van der Waals surface area contributed by atoms with Gasteiger partial charge < -0.3 is 21.2 Å². The number of hydrogen-bond donors (Lipinski definition) is 2. The number of hydrogen-bond acceptors (Lipinski definition) is 6. The van der Waals surface area contributed by atoms with E-state index in [0.717, 1.165) is 29.9 Å². The molecule has 4 rings (SSSR count). The van der Waals surface area contributed by atoms with Crippen LogP contribution < -0.4 is 32.5 Å². The zero-order chi connectivity index (χ0) is 18.6. The lowest BCUT2D eigenvalue weighted by Crippen LogP contribution is -2.44. The predicted molar refractivity (Wildman–Crippen MR) is 95.9 cm³/mol. The number of methoxy groups -OCH3 is 1. The molecule has 0 bridgehead atoms. The third kappa shape index (κ3) is 2.38. The van der Waals surface area contributed by atoms with Gasteiger partial charge in [-0.25, -0.2) is 9.18 Å². The van der Waals surface area contributed by atoms with E-state index in [1.807, 2.05) is 4.90 Å². The summed E-state index contributed by atoms with van der Waals surface area (Å²) in [5, 5.41) is 0. The van der Waals surface area contributed by atoms with Crippen LogP contribution in [0.2, 0.25) is 0 Å². The van der Waals surface area contributed by atoms with Gasteiger partial charge in [-0.3, -0.25) is 9.20 Å². The van der Waals surface area contributed by atoms with Gasteiger partial charge >= 0.3 is 5.69 Å². The number of anilines is 1. The van der Waals surface area contributed by atoms with Gasteiger partial charge in [0.15, 0.2) is 11.6 Å². The molecule has 2 aliphatic rings. The Bertz CT molecular complexity index is 995. The second kappa shape index (κ2) is 6.01. The van der Waals surface area contributed by atoms with E-state index in [-0.39, 0.29) is 23.3 Å². The predicted octanol–water partition coefficient (Wildman–Crippen LogP) is -0.0149. The normalized spacial score (nSPS) is 20.1. The Balaban J connectivity index is 2.05. The lowest BCUT2D eigenvalue weighted by molar-refractivity contribution is 0.412. The van der Waals surface area contributed by atoms with Crippen molar-refractivity contribution in [2.75, 3.05) is 37.5 Å². The topological polar surface area (TPSA) is 108 Å². The summed E-state index contributed by atoms with van der Waals surface area (Å²) in [6, 6.07) is 0. The Kier molecular flexibility index (Phi) is 3.91. The molecule has 1 unspecified atom stereocenters. The first-order chi connectivity index (χ1) is 12.5. The average molecular weight is 363 g/mol. The maximum absolute atomic E-state index is 15.0. The summed E-state index contributed by atoms with van der Waals surface area (Å²) in [7, 11) is 1.42. The molecule has 1 saturated heterocycles. The van der Waals surface area contributed by atoms with E-state index >= 15 is 0 Å². The fraction of sp³-hybridized carbons (Fsp3) is 0.529. The standard InChI is InChI=1S/C17H22FN5O3/c1-26-15-13(21-5-4-9(6-19)7-21)11(18)8-22-14(15)12(10-2-3-10)16(24)23(20)17(22)25/h8-10H,2-7,19-20H2,1H3. The number of rotatable bonds is 4. The highest BCUT2D eigenvalue weighted by molar-refractivity contribution is 5.78. The number of pyridine rings is 1.